The van der Waals surface area contributed by atoms with E-state index in [1.807, 2.05) is 0 Å². The largest absolute Gasteiger partial charge is 0.391 e. The average Bonchev–Trinajstić information content (AvgIpc) is 2.40. The Hall–Kier alpha value is -0.130. The molecule has 0 unspecified atom stereocenters. The molecule has 2 fully saturated rings. The van der Waals surface area contributed by atoms with E-state index in [4.69, 9.17) is 0 Å². The number of rotatable bonds is 1. The van der Waals surface area contributed by atoms with Crippen molar-refractivity contribution in [2.24, 2.45) is 0 Å². The zero-order valence-corrected chi connectivity index (χ0v) is 10.5. The summed E-state index contributed by atoms with van der Waals surface area (Å²) in [5.74, 6) is 0.572. The zero-order valence-electron chi connectivity index (χ0n) is 9.64. The fourth-order valence-corrected chi connectivity index (χ4v) is 4.09. The van der Waals surface area contributed by atoms with Crippen LogP contribution < -0.4 is 0 Å². The molecule has 94 valence electrons. The van der Waals surface area contributed by atoms with Gasteiger partial charge in [-0.1, -0.05) is 12.8 Å². The molecule has 2 rings (SSSR count). The molecule has 0 amide bonds. The highest BCUT2D eigenvalue weighted by Crippen LogP contribution is 2.24. The van der Waals surface area contributed by atoms with Crippen molar-refractivity contribution in [3.63, 3.8) is 0 Å². The topological polar surface area (TPSA) is 57.6 Å². The van der Waals surface area contributed by atoms with Crippen molar-refractivity contribution in [1.82, 2.24) is 4.90 Å². The molecule has 16 heavy (non-hydrogen) atoms. The molecule has 0 bridgehead atoms. The van der Waals surface area contributed by atoms with Crippen molar-refractivity contribution in [3.05, 3.63) is 0 Å². The Bertz CT molecular complexity index is 328. The van der Waals surface area contributed by atoms with Gasteiger partial charge in [0.2, 0.25) is 0 Å². The summed E-state index contributed by atoms with van der Waals surface area (Å²) in [5, 5.41) is 9.95. The second-order valence-electron chi connectivity index (χ2n) is 4.96. The Kier molecular flexibility index (Phi) is 3.87. The lowest BCUT2D eigenvalue weighted by atomic mass is 9.91. The molecule has 0 aromatic rings. The van der Waals surface area contributed by atoms with Gasteiger partial charge in [-0.2, -0.15) is 0 Å². The van der Waals surface area contributed by atoms with Gasteiger partial charge in [0.05, 0.1) is 17.6 Å². The summed E-state index contributed by atoms with van der Waals surface area (Å²) in [7, 11) is -2.83. The van der Waals surface area contributed by atoms with Gasteiger partial charge in [0.1, 0.15) is 0 Å². The molecule has 2 aliphatic rings. The summed E-state index contributed by atoms with van der Waals surface area (Å²) in [5.41, 5.74) is 0. The van der Waals surface area contributed by atoms with Gasteiger partial charge in [0.15, 0.2) is 9.84 Å². The van der Waals surface area contributed by atoms with Crippen LogP contribution in [-0.2, 0) is 9.84 Å². The maximum absolute atomic E-state index is 11.5. The van der Waals surface area contributed by atoms with Gasteiger partial charge >= 0.3 is 0 Å². The summed E-state index contributed by atoms with van der Waals surface area (Å²) < 4.78 is 23.0. The van der Waals surface area contributed by atoms with Gasteiger partial charge in [-0.25, -0.2) is 8.42 Å². The number of hydrogen-bond donors (Lipinski definition) is 1. The van der Waals surface area contributed by atoms with Crippen molar-refractivity contribution >= 4 is 9.84 Å². The second-order valence-corrected chi connectivity index (χ2v) is 7.26. The summed E-state index contributed by atoms with van der Waals surface area (Å²) in [6.07, 6.45) is 4.60. The highest BCUT2D eigenvalue weighted by atomic mass is 32.2. The van der Waals surface area contributed by atoms with Crippen LogP contribution >= 0.6 is 0 Å². The summed E-state index contributed by atoms with van der Waals surface area (Å²) in [6, 6.07) is 0.196. The molecular formula is C11H21NO3S. The third kappa shape index (κ3) is 2.96. The predicted molar refractivity (Wildman–Crippen MR) is 63.1 cm³/mol. The molecule has 0 aromatic carbocycles. The molecule has 4 nitrogen and oxygen atoms in total. The Labute approximate surface area is 97.6 Å². The third-order valence-electron chi connectivity index (χ3n) is 3.75. The Balaban J connectivity index is 1.98. The van der Waals surface area contributed by atoms with Crippen LogP contribution in [0.25, 0.3) is 0 Å². The first-order valence-corrected chi connectivity index (χ1v) is 8.03. The van der Waals surface area contributed by atoms with Crippen molar-refractivity contribution < 1.29 is 13.5 Å². The fourth-order valence-electron chi connectivity index (χ4n) is 2.81. The lowest BCUT2D eigenvalue weighted by Gasteiger charge is -2.36. The Morgan fingerprint density at radius 2 is 1.75 bits per heavy atom. The van der Waals surface area contributed by atoms with E-state index < -0.39 is 9.84 Å². The number of aliphatic hydroxyl groups is 1. The average molecular weight is 247 g/mol. The molecule has 1 aliphatic heterocycles. The van der Waals surface area contributed by atoms with Gasteiger partial charge in [-0.05, 0) is 25.8 Å². The van der Waals surface area contributed by atoms with E-state index in [-0.39, 0.29) is 17.9 Å². The van der Waals surface area contributed by atoms with Crippen molar-refractivity contribution in [1.29, 1.82) is 0 Å². The molecular weight excluding hydrogens is 226 g/mol. The quantitative estimate of drug-likeness (QED) is 0.729. The van der Waals surface area contributed by atoms with Gasteiger partial charge in [-0.15, -0.1) is 0 Å². The summed E-state index contributed by atoms with van der Waals surface area (Å²) >= 11 is 0. The van der Waals surface area contributed by atoms with Gasteiger partial charge < -0.3 is 5.11 Å². The van der Waals surface area contributed by atoms with Crippen LogP contribution in [0.5, 0.6) is 0 Å². The van der Waals surface area contributed by atoms with Crippen molar-refractivity contribution in [3.8, 4) is 0 Å². The summed E-state index contributed by atoms with van der Waals surface area (Å²) in [6.45, 7) is 1.42. The maximum atomic E-state index is 11.5. The van der Waals surface area contributed by atoms with Crippen molar-refractivity contribution in [2.75, 3.05) is 24.6 Å². The SMILES string of the molecule is O=S1(=O)CCCN([C@@H]2CCCC[C@H]2O)CC1. The number of nitrogens with zero attached hydrogens (tertiary/aromatic N) is 1. The normalized spacial score (nSPS) is 36.8. The number of aliphatic hydroxyl groups excluding tert-OH is 1. The van der Waals surface area contributed by atoms with Crippen LogP contribution in [0.2, 0.25) is 0 Å². The monoisotopic (exact) mass is 247 g/mol. The molecule has 5 heteroatoms. The molecule has 1 heterocycles. The van der Waals surface area contributed by atoms with Gasteiger partial charge in [0, 0.05) is 12.6 Å². The van der Waals surface area contributed by atoms with Crippen LogP contribution in [0.3, 0.4) is 0 Å². The van der Waals surface area contributed by atoms with Crippen LogP contribution in [0, 0.1) is 0 Å². The highest BCUT2D eigenvalue weighted by Gasteiger charge is 2.30. The minimum Gasteiger partial charge on any atom is -0.391 e. The van der Waals surface area contributed by atoms with Crippen LogP contribution in [0.15, 0.2) is 0 Å². The molecule has 0 radical (unpaired) electrons. The smallest absolute Gasteiger partial charge is 0.151 e. The van der Waals surface area contributed by atoms with E-state index in [0.717, 1.165) is 32.2 Å². The maximum Gasteiger partial charge on any atom is 0.151 e. The first-order chi connectivity index (χ1) is 7.58. The Morgan fingerprint density at radius 1 is 1.00 bits per heavy atom. The van der Waals surface area contributed by atoms with Crippen molar-refractivity contribution in [2.45, 2.75) is 44.2 Å². The first-order valence-electron chi connectivity index (χ1n) is 6.21. The molecule has 1 aliphatic carbocycles. The molecule has 1 saturated heterocycles. The Morgan fingerprint density at radius 3 is 2.50 bits per heavy atom. The molecule has 0 spiro atoms. The fraction of sp³-hybridized carbons (Fsp3) is 1.00. The van der Waals surface area contributed by atoms with E-state index in [2.05, 4.69) is 4.90 Å². The number of hydrogen-bond acceptors (Lipinski definition) is 4. The lowest BCUT2D eigenvalue weighted by Crippen LogP contribution is -2.46. The molecule has 0 aromatic heterocycles. The molecule has 2 atom stereocenters. The standard InChI is InChI=1S/C11H21NO3S/c13-11-5-2-1-4-10(11)12-6-3-8-16(14,15)9-7-12/h10-11,13H,1-9H2/t10-,11-/m1/s1. The first kappa shape index (κ1) is 12.3. The highest BCUT2D eigenvalue weighted by molar-refractivity contribution is 7.91. The van der Waals surface area contributed by atoms with Gasteiger partial charge in [0.25, 0.3) is 0 Å². The van der Waals surface area contributed by atoms with Gasteiger partial charge in [-0.3, -0.25) is 4.90 Å². The zero-order chi connectivity index (χ0) is 11.6. The minimum atomic E-state index is -2.83. The van der Waals surface area contributed by atoms with E-state index in [1.165, 1.54) is 0 Å². The third-order valence-corrected chi connectivity index (χ3v) is 5.47. The van der Waals surface area contributed by atoms with E-state index in [0.29, 0.717) is 18.7 Å². The molecule has 1 saturated carbocycles. The van der Waals surface area contributed by atoms with E-state index in [9.17, 15) is 13.5 Å². The minimum absolute atomic E-state index is 0.196. The number of sulfone groups is 1. The van der Waals surface area contributed by atoms with Crippen LogP contribution in [0.4, 0.5) is 0 Å². The van der Waals surface area contributed by atoms with E-state index >= 15 is 0 Å². The molecule has 1 N–H and O–H groups in total. The van der Waals surface area contributed by atoms with Crippen LogP contribution in [0.1, 0.15) is 32.1 Å². The lowest BCUT2D eigenvalue weighted by molar-refractivity contribution is 0.0234. The predicted octanol–water partition coefficient (Wildman–Crippen LogP) is 0.410. The van der Waals surface area contributed by atoms with Crippen LogP contribution in [-0.4, -0.2) is 55.2 Å². The summed E-state index contributed by atoms with van der Waals surface area (Å²) in [4.78, 5) is 2.19. The van der Waals surface area contributed by atoms with E-state index in [1.54, 1.807) is 0 Å². The second kappa shape index (κ2) is 5.02.